The summed E-state index contributed by atoms with van der Waals surface area (Å²) in [6, 6.07) is 5.99. The van der Waals surface area contributed by atoms with Crippen LogP contribution in [0.3, 0.4) is 0 Å². The molecule has 106 valence electrons. The van der Waals surface area contributed by atoms with Crippen LogP contribution in [0.5, 0.6) is 0 Å². The van der Waals surface area contributed by atoms with Crippen LogP contribution >= 0.6 is 11.3 Å². The van der Waals surface area contributed by atoms with Crippen molar-refractivity contribution < 1.29 is 13.2 Å². The molecule has 0 unspecified atom stereocenters. The highest BCUT2D eigenvalue weighted by atomic mass is 32.1. The summed E-state index contributed by atoms with van der Waals surface area (Å²) >= 11 is 1.20. The van der Waals surface area contributed by atoms with Gasteiger partial charge in [-0.15, -0.1) is 10.2 Å². The van der Waals surface area contributed by atoms with Gasteiger partial charge in [-0.1, -0.05) is 29.5 Å². The van der Waals surface area contributed by atoms with Crippen molar-refractivity contribution in [2.75, 3.05) is 0 Å². The summed E-state index contributed by atoms with van der Waals surface area (Å²) in [7, 11) is 0. The number of nitrogens with zero attached hydrogens (tertiary/aromatic N) is 2. The van der Waals surface area contributed by atoms with Crippen LogP contribution in [0.4, 0.5) is 13.2 Å². The van der Waals surface area contributed by atoms with Crippen LogP contribution in [0, 0.1) is 0 Å². The molecule has 1 heterocycles. The number of hydrogen-bond acceptors (Lipinski definition) is 4. The first-order chi connectivity index (χ1) is 9.54. The predicted octanol–water partition coefficient (Wildman–Crippen LogP) is 3.48. The van der Waals surface area contributed by atoms with Crippen LogP contribution in [0.15, 0.2) is 24.3 Å². The van der Waals surface area contributed by atoms with Gasteiger partial charge in [-0.3, -0.25) is 0 Å². The lowest BCUT2D eigenvalue weighted by molar-refractivity contribution is -0.137. The van der Waals surface area contributed by atoms with E-state index in [1.54, 1.807) is 6.07 Å². The Morgan fingerprint density at radius 2 is 1.95 bits per heavy atom. The van der Waals surface area contributed by atoms with Crippen molar-refractivity contribution in [1.82, 2.24) is 15.5 Å². The number of alkyl halides is 3. The van der Waals surface area contributed by atoms with Crippen LogP contribution in [-0.2, 0) is 12.7 Å². The summed E-state index contributed by atoms with van der Waals surface area (Å²) in [6.07, 6.45) is -2.07. The van der Waals surface area contributed by atoms with Gasteiger partial charge in [0, 0.05) is 18.2 Å². The number of halogens is 3. The fourth-order valence-electron chi connectivity index (χ4n) is 1.87. The first-order valence-corrected chi connectivity index (χ1v) is 7.08. The quantitative estimate of drug-likeness (QED) is 0.939. The smallest absolute Gasteiger partial charge is 0.308 e. The van der Waals surface area contributed by atoms with Crippen LogP contribution < -0.4 is 5.32 Å². The average Bonchev–Trinajstić information content (AvgIpc) is 3.12. The summed E-state index contributed by atoms with van der Waals surface area (Å²) in [5.74, 6) is 0. The molecular formula is C13H12F3N3S. The highest BCUT2D eigenvalue weighted by Gasteiger charge is 2.34. The zero-order valence-electron chi connectivity index (χ0n) is 10.4. The van der Waals surface area contributed by atoms with Gasteiger partial charge in [0.1, 0.15) is 10.0 Å². The normalized spacial score (nSPS) is 15.6. The number of rotatable bonds is 4. The van der Waals surface area contributed by atoms with E-state index < -0.39 is 11.7 Å². The maximum Gasteiger partial charge on any atom is 0.417 e. The molecule has 0 spiro atoms. The minimum Gasteiger partial charge on any atom is -0.308 e. The maximum absolute atomic E-state index is 12.9. The number of hydrogen-bond donors (Lipinski definition) is 1. The van der Waals surface area contributed by atoms with Crippen LogP contribution in [0.1, 0.15) is 23.4 Å². The van der Waals surface area contributed by atoms with E-state index in [9.17, 15) is 13.2 Å². The van der Waals surface area contributed by atoms with Crippen molar-refractivity contribution in [3.63, 3.8) is 0 Å². The number of nitrogens with one attached hydrogen (secondary N) is 1. The SMILES string of the molecule is FC(F)(F)c1ccccc1-c1nnc(CNC2CC2)s1. The molecule has 1 N–H and O–H groups in total. The number of aromatic nitrogens is 2. The Morgan fingerprint density at radius 3 is 2.65 bits per heavy atom. The predicted molar refractivity (Wildman–Crippen MR) is 70.2 cm³/mol. The Kier molecular flexibility index (Phi) is 3.47. The van der Waals surface area contributed by atoms with Gasteiger partial charge in [-0.2, -0.15) is 13.2 Å². The van der Waals surface area contributed by atoms with Gasteiger partial charge in [0.25, 0.3) is 0 Å². The monoisotopic (exact) mass is 299 g/mol. The molecule has 0 saturated heterocycles. The summed E-state index contributed by atoms with van der Waals surface area (Å²) < 4.78 is 38.8. The van der Waals surface area contributed by atoms with E-state index >= 15 is 0 Å². The van der Waals surface area contributed by atoms with E-state index in [4.69, 9.17) is 0 Å². The summed E-state index contributed by atoms with van der Waals surface area (Å²) in [5, 5.41) is 12.1. The molecule has 0 bridgehead atoms. The maximum atomic E-state index is 12.9. The van der Waals surface area contributed by atoms with Crippen LogP contribution in [0.2, 0.25) is 0 Å². The Morgan fingerprint density at radius 1 is 1.20 bits per heavy atom. The third-order valence-corrected chi connectivity index (χ3v) is 4.01. The molecule has 1 aromatic heterocycles. The van der Waals surface area contributed by atoms with Gasteiger partial charge in [0.2, 0.25) is 0 Å². The van der Waals surface area contributed by atoms with E-state index in [0.29, 0.717) is 22.6 Å². The highest BCUT2D eigenvalue weighted by molar-refractivity contribution is 7.14. The van der Waals surface area contributed by atoms with E-state index in [-0.39, 0.29) is 5.56 Å². The van der Waals surface area contributed by atoms with Crippen LogP contribution in [-0.4, -0.2) is 16.2 Å². The largest absolute Gasteiger partial charge is 0.417 e. The molecule has 1 fully saturated rings. The van der Waals surface area contributed by atoms with Crippen molar-refractivity contribution >= 4 is 11.3 Å². The molecule has 20 heavy (non-hydrogen) atoms. The average molecular weight is 299 g/mol. The summed E-state index contributed by atoms with van der Waals surface area (Å²) in [4.78, 5) is 0. The standard InChI is InChI=1S/C13H12F3N3S/c14-13(15,16)10-4-2-1-3-9(10)12-19-18-11(20-12)7-17-8-5-6-8/h1-4,8,17H,5-7H2. The van der Waals surface area contributed by atoms with Gasteiger partial charge in [-0.05, 0) is 18.9 Å². The zero-order chi connectivity index (χ0) is 14.2. The number of benzene rings is 1. The van der Waals surface area contributed by atoms with Crippen molar-refractivity contribution in [2.45, 2.75) is 31.6 Å². The van der Waals surface area contributed by atoms with E-state index in [1.807, 2.05) is 0 Å². The van der Waals surface area contributed by atoms with Gasteiger partial charge >= 0.3 is 6.18 Å². The van der Waals surface area contributed by atoms with Crippen LogP contribution in [0.25, 0.3) is 10.6 Å². The Hall–Kier alpha value is -1.47. The minimum atomic E-state index is -4.38. The Bertz CT molecular complexity index is 605. The second-order valence-electron chi connectivity index (χ2n) is 4.70. The molecule has 1 aromatic carbocycles. The molecule has 1 aliphatic carbocycles. The molecule has 1 saturated carbocycles. The van der Waals surface area contributed by atoms with E-state index in [0.717, 1.165) is 18.9 Å². The fourth-order valence-corrected chi connectivity index (χ4v) is 2.70. The van der Waals surface area contributed by atoms with E-state index in [1.165, 1.54) is 23.5 Å². The van der Waals surface area contributed by atoms with Crippen molar-refractivity contribution in [3.8, 4) is 10.6 Å². The lowest BCUT2D eigenvalue weighted by Gasteiger charge is -2.09. The third-order valence-electron chi connectivity index (χ3n) is 3.05. The van der Waals surface area contributed by atoms with E-state index in [2.05, 4.69) is 15.5 Å². The first-order valence-electron chi connectivity index (χ1n) is 6.26. The van der Waals surface area contributed by atoms with Crippen molar-refractivity contribution in [2.24, 2.45) is 0 Å². The van der Waals surface area contributed by atoms with Crippen molar-refractivity contribution in [3.05, 3.63) is 34.8 Å². The molecule has 3 rings (SSSR count). The second-order valence-corrected chi connectivity index (χ2v) is 5.76. The van der Waals surface area contributed by atoms with Gasteiger partial charge < -0.3 is 5.32 Å². The third kappa shape index (κ3) is 2.99. The molecule has 0 atom stereocenters. The molecule has 2 aromatic rings. The first kappa shape index (κ1) is 13.5. The molecule has 0 radical (unpaired) electrons. The molecule has 3 nitrogen and oxygen atoms in total. The fraction of sp³-hybridized carbons (Fsp3) is 0.385. The van der Waals surface area contributed by atoms with Gasteiger partial charge in [0.15, 0.2) is 0 Å². The molecule has 0 aliphatic heterocycles. The van der Waals surface area contributed by atoms with Gasteiger partial charge in [-0.25, -0.2) is 0 Å². The molecular weight excluding hydrogens is 287 g/mol. The van der Waals surface area contributed by atoms with Gasteiger partial charge in [0.05, 0.1) is 5.56 Å². The summed E-state index contributed by atoms with van der Waals surface area (Å²) in [5.41, 5.74) is -0.576. The molecule has 1 aliphatic rings. The highest BCUT2D eigenvalue weighted by Crippen LogP contribution is 2.37. The second kappa shape index (κ2) is 5.14. The lowest BCUT2D eigenvalue weighted by atomic mass is 10.1. The molecule has 7 heteroatoms. The zero-order valence-corrected chi connectivity index (χ0v) is 11.3. The van der Waals surface area contributed by atoms with Crippen molar-refractivity contribution in [1.29, 1.82) is 0 Å². The lowest BCUT2D eigenvalue weighted by Crippen LogP contribution is -2.14. The Labute approximate surface area is 117 Å². The summed E-state index contributed by atoms with van der Waals surface area (Å²) in [6.45, 7) is 0.566. The Balaban J connectivity index is 1.85. The minimum absolute atomic E-state index is 0.0928. The molecule has 0 amide bonds. The topological polar surface area (TPSA) is 37.8 Å².